The van der Waals surface area contributed by atoms with Crippen LogP contribution in [0.25, 0.3) is 0 Å². The summed E-state index contributed by atoms with van der Waals surface area (Å²) in [4.78, 5) is 46.5. The number of carbonyl (C=O) groups is 3. The van der Waals surface area contributed by atoms with Crippen LogP contribution < -0.4 is 9.47 Å². The Morgan fingerprint density at radius 3 is 2.28 bits per heavy atom. The maximum atomic E-state index is 12.3. The van der Waals surface area contributed by atoms with Gasteiger partial charge in [0.15, 0.2) is 17.3 Å². The summed E-state index contributed by atoms with van der Waals surface area (Å²) < 4.78 is 11.2. The van der Waals surface area contributed by atoms with Crippen molar-refractivity contribution in [2.45, 2.75) is 59.4 Å². The zero-order valence-electron chi connectivity index (χ0n) is 17.6. The molecule has 0 saturated carbocycles. The minimum absolute atomic E-state index is 0.0135. The number of hydrogen-bond donors (Lipinski definition) is 1. The van der Waals surface area contributed by atoms with Gasteiger partial charge in [0.05, 0.1) is 12.0 Å². The van der Waals surface area contributed by atoms with E-state index in [-0.39, 0.29) is 13.0 Å². The fourth-order valence-electron chi connectivity index (χ4n) is 2.54. The number of carboxylic acids is 1. The summed E-state index contributed by atoms with van der Waals surface area (Å²) in [5.74, 6) is -1.48. The van der Waals surface area contributed by atoms with Gasteiger partial charge in [-0.05, 0) is 63.4 Å². The molecule has 0 fully saturated rings. The van der Waals surface area contributed by atoms with Gasteiger partial charge < -0.3 is 14.6 Å². The first-order valence-electron chi connectivity index (χ1n) is 9.48. The molecule has 1 unspecified atom stereocenters. The van der Waals surface area contributed by atoms with E-state index in [9.17, 15) is 19.3 Å². The number of ether oxygens (including phenoxy) is 2. The molecule has 0 aliphatic heterocycles. The first kappa shape index (κ1) is 24.3. The minimum Gasteiger partial charge on any atom is -0.490 e. The number of benzene rings is 1. The molecule has 0 heterocycles. The maximum absolute atomic E-state index is 12.3. The lowest BCUT2D eigenvalue weighted by Crippen LogP contribution is -2.44. The number of nitroso groups, excluding NO2 is 1. The number of hydrogen-bond acceptors (Lipinski definition) is 7. The van der Waals surface area contributed by atoms with Crippen molar-refractivity contribution in [2.75, 3.05) is 13.2 Å². The van der Waals surface area contributed by atoms with Crippen LogP contribution in [0.15, 0.2) is 23.4 Å². The van der Waals surface area contributed by atoms with E-state index in [1.165, 1.54) is 6.92 Å². The predicted molar refractivity (Wildman–Crippen MR) is 107 cm³/mol. The Kier molecular flexibility index (Phi) is 8.48. The Morgan fingerprint density at radius 2 is 1.72 bits per heavy atom. The monoisotopic (exact) mass is 407 g/mol. The molecule has 8 nitrogen and oxygen atoms in total. The molecule has 0 spiro atoms. The van der Waals surface area contributed by atoms with Crippen LogP contribution in [-0.4, -0.2) is 41.4 Å². The van der Waals surface area contributed by atoms with Crippen LogP contribution in [0, 0.1) is 17.2 Å². The van der Waals surface area contributed by atoms with Gasteiger partial charge in [-0.15, -0.1) is 4.91 Å². The highest BCUT2D eigenvalue weighted by atomic mass is 16.5. The van der Waals surface area contributed by atoms with Gasteiger partial charge in [0.2, 0.25) is 11.3 Å². The summed E-state index contributed by atoms with van der Waals surface area (Å²) >= 11 is 0. The molecule has 0 saturated heterocycles. The first-order valence-corrected chi connectivity index (χ1v) is 9.48. The van der Waals surface area contributed by atoms with Crippen LogP contribution in [0.2, 0.25) is 0 Å². The minimum atomic E-state index is -1.97. The Balaban J connectivity index is 2.79. The third-order valence-corrected chi connectivity index (χ3v) is 4.83. The molecule has 1 aromatic rings. The Hall–Kier alpha value is -2.77. The lowest BCUT2D eigenvalue weighted by Gasteiger charge is -2.20. The van der Waals surface area contributed by atoms with Gasteiger partial charge in [-0.2, -0.15) is 0 Å². The maximum Gasteiger partial charge on any atom is 0.309 e. The SMILES string of the molecule is CCC(=O)C(C)(N=O)C(=O)COc1ccc(C)cc1OCCCC(C)(C)C(=O)O. The Morgan fingerprint density at radius 1 is 1.07 bits per heavy atom. The van der Waals surface area contributed by atoms with Gasteiger partial charge in [0.25, 0.3) is 0 Å². The van der Waals surface area contributed by atoms with Crippen molar-refractivity contribution in [1.82, 2.24) is 0 Å². The van der Waals surface area contributed by atoms with E-state index in [1.807, 2.05) is 6.92 Å². The third kappa shape index (κ3) is 6.37. The van der Waals surface area contributed by atoms with Crippen molar-refractivity contribution in [3.63, 3.8) is 0 Å². The second kappa shape index (κ2) is 10.1. The smallest absolute Gasteiger partial charge is 0.309 e. The van der Waals surface area contributed by atoms with Crippen molar-refractivity contribution in [3.05, 3.63) is 28.7 Å². The molecule has 29 heavy (non-hydrogen) atoms. The summed E-state index contributed by atoms with van der Waals surface area (Å²) in [6, 6.07) is 5.14. The fraction of sp³-hybridized carbons (Fsp3) is 0.571. The molecule has 0 radical (unpaired) electrons. The zero-order valence-corrected chi connectivity index (χ0v) is 17.6. The fourth-order valence-corrected chi connectivity index (χ4v) is 2.54. The number of ketones is 2. The van der Waals surface area contributed by atoms with Crippen LogP contribution in [0.1, 0.15) is 52.5 Å². The molecule has 1 rings (SSSR count). The molecule has 0 bridgehead atoms. The molecular weight excluding hydrogens is 378 g/mol. The second-order valence-corrected chi connectivity index (χ2v) is 7.74. The van der Waals surface area contributed by atoms with Gasteiger partial charge in [0, 0.05) is 6.42 Å². The summed E-state index contributed by atoms with van der Waals surface area (Å²) in [6.07, 6.45) is 0.967. The van der Waals surface area contributed by atoms with Crippen LogP contribution in [0.4, 0.5) is 0 Å². The Labute approximate surface area is 170 Å². The summed E-state index contributed by atoms with van der Waals surface area (Å²) in [5.41, 5.74) is -1.91. The standard InChI is InChI=1S/C21H29NO7/c1-6-17(23)21(5,22-27)18(24)13-29-15-9-8-14(2)12-16(15)28-11-7-10-20(3,4)19(25)26/h8-9,12H,6-7,10-11,13H2,1-5H3,(H,25,26). The zero-order chi connectivity index (χ0) is 22.2. The number of aryl methyl sites for hydroxylation is 1. The average molecular weight is 407 g/mol. The largest absolute Gasteiger partial charge is 0.490 e. The van der Waals surface area contributed by atoms with E-state index in [0.29, 0.717) is 24.3 Å². The number of nitrogens with zero attached hydrogens (tertiary/aromatic N) is 1. The molecule has 1 atom stereocenters. The third-order valence-electron chi connectivity index (χ3n) is 4.83. The molecule has 0 aromatic heterocycles. The Bertz CT molecular complexity index is 772. The molecule has 0 aliphatic rings. The molecule has 0 amide bonds. The number of carboxylic acid groups (broad SMARTS) is 1. The van der Waals surface area contributed by atoms with Gasteiger partial charge in [0.1, 0.15) is 6.61 Å². The van der Waals surface area contributed by atoms with Crippen LogP contribution in [0.5, 0.6) is 11.5 Å². The molecular formula is C21H29NO7. The molecule has 160 valence electrons. The summed E-state index contributed by atoms with van der Waals surface area (Å²) in [5, 5.41) is 11.9. The van der Waals surface area contributed by atoms with Gasteiger partial charge in [-0.3, -0.25) is 14.4 Å². The summed E-state index contributed by atoms with van der Waals surface area (Å²) in [7, 11) is 0. The highest BCUT2D eigenvalue weighted by molar-refractivity contribution is 6.11. The van der Waals surface area contributed by atoms with Crippen molar-refractivity contribution >= 4 is 17.5 Å². The van der Waals surface area contributed by atoms with E-state index >= 15 is 0 Å². The van der Waals surface area contributed by atoms with Crippen LogP contribution >= 0.6 is 0 Å². The molecule has 8 heteroatoms. The number of aliphatic carboxylic acids is 1. The highest BCUT2D eigenvalue weighted by Crippen LogP contribution is 2.30. The molecule has 1 N–H and O–H groups in total. The molecule has 1 aromatic carbocycles. The predicted octanol–water partition coefficient (Wildman–Crippen LogP) is 3.72. The first-order chi connectivity index (χ1) is 13.5. The quantitative estimate of drug-likeness (QED) is 0.301. The number of rotatable bonds is 13. The van der Waals surface area contributed by atoms with E-state index in [1.54, 1.807) is 39.0 Å². The van der Waals surface area contributed by atoms with Crippen molar-refractivity contribution in [1.29, 1.82) is 0 Å². The van der Waals surface area contributed by atoms with E-state index < -0.39 is 35.1 Å². The lowest BCUT2D eigenvalue weighted by molar-refractivity contribution is -0.147. The van der Waals surface area contributed by atoms with Gasteiger partial charge in [-0.25, -0.2) is 0 Å². The van der Waals surface area contributed by atoms with Crippen LogP contribution in [-0.2, 0) is 14.4 Å². The van der Waals surface area contributed by atoms with Crippen molar-refractivity contribution in [2.24, 2.45) is 10.6 Å². The van der Waals surface area contributed by atoms with Gasteiger partial charge >= 0.3 is 5.97 Å². The van der Waals surface area contributed by atoms with Gasteiger partial charge in [-0.1, -0.05) is 13.0 Å². The van der Waals surface area contributed by atoms with E-state index in [0.717, 1.165) is 5.56 Å². The van der Waals surface area contributed by atoms with Crippen molar-refractivity contribution < 1.29 is 29.0 Å². The average Bonchev–Trinajstić information content (AvgIpc) is 2.68. The number of carbonyl (C=O) groups excluding carboxylic acids is 2. The molecule has 0 aliphatic carbocycles. The highest BCUT2D eigenvalue weighted by Gasteiger charge is 2.41. The normalized spacial score (nSPS) is 13.3. The van der Waals surface area contributed by atoms with E-state index in [4.69, 9.17) is 14.6 Å². The topological polar surface area (TPSA) is 119 Å². The van der Waals surface area contributed by atoms with Crippen LogP contribution in [0.3, 0.4) is 0 Å². The summed E-state index contributed by atoms with van der Waals surface area (Å²) in [6.45, 7) is 7.68. The van der Waals surface area contributed by atoms with Crippen molar-refractivity contribution in [3.8, 4) is 11.5 Å². The number of Topliss-reactive ketones (excluding diaryl/α,β-unsaturated/α-hetero) is 2. The second-order valence-electron chi connectivity index (χ2n) is 7.74. The van der Waals surface area contributed by atoms with E-state index in [2.05, 4.69) is 5.18 Å². The lowest BCUT2D eigenvalue weighted by atomic mass is 9.88.